The van der Waals surface area contributed by atoms with Gasteiger partial charge in [0.15, 0.2) is 11.7 Å². The second-order valence-electron chi connectivity index (χ2n) is 6.68. The first-order valence-electron chi connectivity index (χ1n) is 8.95. The minimum Gasteiger partial charge on any atom is -0.284 e. The zero-order valence-electron chi connectivity index (χ0n) is 14.4. The van der Waals surface area contributed by atoms with E-state index in [1.807, 2.05) is 6.07 Å². The second kappa shape index (κ2) is 6.02. The fourth-order valence-corrected chi connectivity index (χ4v) is 4.01. The molecule has 0 radical (unpaired) electrons. The van der Waals surface area contributed by atoms with Gasteiger partial charge < -0.3 is 0 Å². The molecule has 2 aromatic rings. The average Bonchev–Trinajstić information content (AvgIpc) is 3.03. The van der Waals surface area contributed by atoms with Crippen LogP contribution in [0.15, 0.2) is 59.7 Å². The summed E-state index contributed by atoms with van der Waals surface area (Å²) in [5, 5.41) is 2.25. The van der Waals surface area contributed by atoms with Gasteiger partial charge in [-0.05, 0) is 11.6 Å². The van der Waals surface area contributed by atoms with Gasteiger partial charge in [0.2, 0.25) is 11.5 Å². The van der Waals surface area contributed by atoms with E-state index in [-0.39, 0.29) is 11.7 Å². The predicted octanol–water partition coefficient (Wildman–Crippen LogP) is 3.16. The Morgan fingerprint density at radius 3 is 2.62 bits per heavy atom. The van der Waals surface area contributed by atoms with Crippen molar-refractivity contribution in [3.8, 4) is 0 Å². The lowest BCUT2D eigenvalue weighted by Gasteiger charge is -2.26. The van der Waals surface area contributed by atoms with E-state index in [4.69, 9.17) is 4.99 Å². The van der Waals surface area contributed by atoms with Gasteiger partial charge in [-0.3, -0.25) is 5.01 Å². The molecule has 1 aromatic carbocycles. The van der Waals surface area contributed by atoms with Crippen molar-refractivity contribution in [2.24, 2.45) is 4.99 Å². The van der Waals surface area contributed by atoms with Crippen LogP contribution in [-0.4, -0.2) is 17.4 Å². The van der Waals surface area contributed by atoms with E-state index in [2.05, 4.69) is 77.5 Å². The van der Waals surface area contributed by atoms with Crippen molar-refractivity contribution in [1.82, 2.24) is 10.4 Å². The number of aromatic nitrogens is 1. The van der Waals surface area contributed by atoms with Crippen LogP contribution in [0.2, 0.25) is 0 Å². The molecule has 1 N–H and O–H groups in total. The largest absolute Gasteiger partial charge is 0.284 e. The van der Waals surface area contributed by atoms with E-state index in [1.54, 1.807) is 0 Å². The molecule has 0 bridgehead atoms. The Hall–Kier alpha value is -2.20. The average molecular weight is 321 g/mol. The highest BCUT2D eigenvalue weighted by Gasteiger charge is 2.45. The summed E-state index contributed by atoms with van der Waals surface area (Å²) in [5.41, 5.74) is 6.19. The number of aliphatic imine (C=N–C) groups is 1. The van der Waals surface area contributed by atoms with Crippen molar-refractivity contribution >= 4 is 5.84 Å². The lowest BCUT2D eigenvalue weighted by Crippen LogP contribution is -2.57. The van der Waals surface area contributed by atoms with Gasteiger partial charge in [0.25, 0.3) is 0 Å². The molecule has 1 unspecified atom stereocenters. The molecule has 0 saturated heterocycles. The van der Waals surface area contributed by atoms with E-state index >= 15 is 0 Å². The molecule has 0 aliphatic carbocycles. The Morgan fingerprint density at radius 1 is 1.12 bits per heavy atom. The van der Waals surface area contributed by atoms with Crippen molar-refractivity contribution in [3.05, 3.63) is 66.0 Å². The van der Waals surface area contributed by atoms with Crippen molar-refractivity contribution in [1.29, 1.82) is 0 Å². The van der Waals surface area contributed by atoms with Crippen molar-refractivity contribution in [2.75, 3.05) is 6.54 Å². The number of pyridine rings is 1. The first-order valence-corrected chi connectivity index (χ1v) is 8.95. The minimum absolute atomic E-state index is 0.00519. The summed E-state index contributed by atoms with van der Waals surface area (Å²) in [7, 11) is 0. The quantitative estimate of drug-likeness (QED) is 0.881. The second-order valence-corrected chi connectivity index (χ2v) is 6.68. The molecule has 3 heterocycles. The van der Waals surface area contributed by atoms with Gasteiger partial charge in [-0.25, -0.2) is 10.4 Å². The Kier molecular flexibility index (Phi) is 3.85. The molecule has 4 nitrogen and oxygen atoms in total. The number of fused-ring (bicyclic) bond motifs is 3. The number of nitrogens with one attached hydrogen (secondary N) is 1. The SMILES string of the molecule is CCC1(CC)CCN2NC(c3ccccc3)N=C2c2cccc[n+]21. The predicted molar refractivity (Wildman–Crippen MR) is 95.4 cm³/mol. The van der Waals surface area contributed by atoms with Crippen LogP contribution in [0, 0.1) is 0 Å². The highest BCUT2D eigenvalue weighted by molar-refractivity contribution is 5.96. The van der Waals surface area contributed by atoms with Gasteiger partial charge in [-0.15, -0.1) is 0 Å². The van der Waals surface area contributed by atoms with Gasteiger partial charge in [0.1, 0.15) is 6.17 Å². The van der Waals surface area contributed by atoms with Gasteiger partial charge in [-0.1, -0.05) is 44.2 Å². The number of hydrogen-bond acceptors (Lipinski definition) is 3. The Balaban J connectivity index is 1.81. The lowest BCUT2D eigenvalue weighted by molar-refractivity contribution is -0.767. The van der Waals surface area contributed by atoms with Crippen LogP contribution in [0.25, 0.3) is 0 Å². The fraction of sp³-hybridized carbons (Fsp3) is 0.400. The molecule has 1 atom stereocenters. The van der Waals surface area contributed by atoms with Crippen molar-refractivity contribution in [2.45, 2.75) is 44.8 Å². The van der Waals surface area contributed by atoms with Crippen LogP contribution in [0.4, 0.5) is 0 Å². The zero-order chi connectivity index (χ0) is 16.6. The van der Waals surface area contributed by atoms with Crippen LogP contribution in [-0.2, 0) is 5.54 Å². The number of benzene rings is 1. The molecule has 1 aromatic heterocycles. The molecule has 24 heavy (non-hydrogen) atoms. The highest BCUT2D eigenvalue weighted by Crippen LogP contribution is 2.30. The summed E-state index contributed by atoms with van der Waals surface area (Å²) < 4.78 is 2.46. The third kappa shape index (κ3) is 2.33. The molecule has 0 amide bonds. The number of rotatable bonds is 3. The first kappa shape index (κ1) is 15.3. The maximum absolute atomic E-state index is 5.03. The third-order valence-corrected chi connectivity index (χ3v) is 5.62. The number of amidine groups is 1. The molecule has 124 valence electrons. The van der Waals surface area contributed by atoms with Crippen molar-refractivity contribution in [3.63, 3.8) is 0 Å². The van der Waals surface area contributed by atoms with Gasteiger partial charge in [0, 0.05) is 37.9 Å². The van der Waals surface area contributed by atoms with E-state index in [1.165, 1.54) is 11.3 Å². The van der Waals surface area contributed by atoms with E-state index in [9.17, 15) is 0 Å². The maximum atomic E-state index is 5.03. The third-order valence-electron chi connectivity index (χ3n) is 5.62. The van der Waals surface area contributed by atoms with E-state index < -0.39 is 0 Å². The fourth-order valence-electron chi connectivity index (χ4n) is 4.01. The number of nitrogens with zero attached hydrogens (tertiary/aromatic N) is 3. The topological polar surface area (TPSA) is 31.5 Å². The summed E-state index contributed by atoms with van der Waals surface area (Å²) >= 11 is 0. The number of hydrogen-bond donors (Lipinski definition) is 1. The van der Waals surface area contributed by atoms with E-state index in [0.717, 1.165) is 31.6 Å². The Labute approximate surface area is 143 Å². The molecule has 4 rings (SSSR count). The van der Waals surface area contributed by atoms with Crippen LogP contribution < -0.4 is 9.99 Å². The van der Waals surface area contributed by atoms with Gasteiger partial charge in [-0.2, -0.15) is 4.57 Å². The van der Waals surface area contributed by atoms with E-state index in [0.29, 0.717) is 0 Å². The first-order chi connectivity index (χ1) is 11.8. The van der Waals surface area contributed by atoms with Gasteiger partial charge in [0.05, 0.1) is 0 Å². The molecule has 4 heteroatoms. The normalized spacial score (nSPS) is 21.7. The molecule has 0 spiro atoms. The molecule has 2 aliphatic heterocycles. The van der Waals surface area contributed by atoms with Crippen LogP contribution in [0.1, 0.15) is 50.5 Å². The summed E-state index contributed by atoms with van der Waals surface area (Å²) in [5.74, 6) is 1.06. The molecular weight excluding hydrogens is 296 g/mol. The highest BCUT2D eigenvalue weighted by atomic mass is 15.6. The summed E-state index contributed by atoms with van der Waals surface area (Å²) in [4.78, 5) is 5.03. The molecule has 0 fully saturated rings. The summed E-state index contributed by atoms with van der Waals surface area (Å²) in [6, 6.07) is 16.9. The number of hydrazine groups is 1. The molecular formula is C20H25N4+. The minimum atomic E-state index is 0.00519. The van der Waals surface area contributed by atoms with Crippen LogP contribution in [0.5, 0.6) is 0 Å². The standard InChI is InChI=1S/C20H25N4/c1-3-20(4-2)13-15-24-19(17-12-8-9-14-23(17)20)21-18(22-24)16-10-6-5-7-11-16/h5-12,14,18,22H,3-4,13,15H2,1-2H3/q+1. The smallest absolute Gasteiger partial charge is 0.249 e. The zero-order valence-corrected chi connectivity index (χ0v) is 14.4. The monoisotopic (exact) mass is 321 g/mol. The van der Waals surface area contributed by atoms with Crippen LogP contribution >= 0.6 is 0 Å². The Bertz CT molecular complexity index is 749. The molecule has 2 aliphatic rings. The van der Waals surface area contributed by atoms with Gasteiger partial charge >= 0.3 is 0 Å². The summed E-state index contributed by atoms with van der Waals surface area (Å²) in [6.07, 6.45) is 5.62. The maximum Gasteiger partial charge on any atom is 0.249 e. The Morgan fingerprint density at radius 2 is 1.88 bits per heavy atom. The molecule has 0 saturated carbocycles. The summed E-state index contributed by atoms with van der Waals surface area (Å²) in [6.45, 7) is 5.57. The van der Waals surface area contributed by atoms with Crippen LogP contribution in [0.3, 0.4) is 0 Å². The lowest BCUT2D eigenvalue weighted by atomic mass is 9.88. The van der Waals surface area contributed by atoms with Crippen molar-refractivity contribution < 1.29 is 4.57 Å².